The third kappa shape index (κ3) is 0.801. The van der Waals surface area contributed by atoms with Gasteiger partial charge in [-0.25, -0.2) is 10.7 Å². The van der Waals surface area contributed by atoms with E-state index in [1.54, 1.807) is 0 Å². The lowest BCUT2D eigenvalue weighted by Gasteiger charge is -1.97. The van der Waals surface area contributed by atoms with Crippen LogP contribution >= 0.6 is 0 Å². The fourth-order valence-corrected chi connectivity index (χ4v) is 0.601. The Balaban J connectivity index is 2.42. The maximum absolute atomic E-state index is 10.4. The van der Waals surface area contributed by atoms with Crippen molar-refractivity contribution in [2.75, 3.05) is 6.61 Å². The molecule has 4 heteroatoms. The molecule has 1 aliphatic heterocycles. The maximum atomic E-state index is 10.4. The number of nitrogens with two attached hydrogens (primary N) is 1. The Morgan fingerprint density at radius 2 is 2.62 bits per heavy atom. The molecule has 0 bridgehead atoms. The van der Waals surface area contributed by atoms with Crippen molar-refractivity contribution in [2.24, 2.45) is 5.90 Å². The van der Waals surface area contributed by atoms with Crippen LogP contribution in [0.2, 0.25) is 0 Å². The first-order valence-corrected chi connectivity index (χ1v) is 2.37. The van der Waals surface area contributed by atoms with E-state index in [9.17, 15) is 4.79 Å². The largest absolute Gasteiger partial charge is 0.464 e. The highest BCUT2D eigenvalue weighted by atomic mass is 16.7. The third-order valence-electron chi connectivity index (χ3n) is 1.05. The molecule has 0 aromatic heterocycles. The number of rotatable bonds is 1. The molecule has 0 radical (unpaired) electrons. The van der Waals surface area contributed by atoms with Crippen molar-refractivity contribution >= 4 is 5.97 Å². The van der Waals surface area contributed by atoms with E-state index in [0.29, 0.717) is 13.0 Å². The fourth-order valence-electron chi connectivity index (χ4n) is 0.601. The summed E-state index contributed by atoms with van der Waals surface area (Å²) in [6.45, 7) is 0.431. The predicted octanol–water partition coefficient (Wildman–Crippen LogP) is -0.808. The van der Waals surface area contributed by atoms with Crippen molar-refractivity contribution in [3.05, 3.63) is 0 Å². The average Bonchev–Trinajstić information content (AvgIpc) is 2.14. The van der Waals surface area contributed by atoms with E-state index in [0.717, 1.165) is 0 Å². The van der Waals surface area contributed by atoms with Gasteiger partial charge in [0.2, 0.25) is 0 Å². The van der Waals surface area contributed by atoms with Gasteiger partial charge >= 0.3 is 5.97 Å². The van der Waals surface area contributed by atoms with E-state index >= 15 is 0 Å². The number of carbonyl (C=O) groups is 1. The zero-order valence-electron chi connectivity index (χ0n) is 4.29. The third-order valence-corrected chi connectivity index (χ3v) is 1.05. The Labute approximate surface area is 46.5 Å². The monoisotopic (exact) mass is 117 g/mol. The van der Waals surface area contributed by atoms with Gasteiger partial charge in [-0.05, 0) is 0 Å². The van der Waals surface area contributed by atoms with E-state index in [1.165, 1.54) is 0 Å². The Morgan fingerprint density at radius 1 is 1.88 bits per heavy atom. The quantitative estimate of drug-likeness (QED) is 0.360. The summed E-state index contributed by atoms with van der Waals surface area (Å²) in [6, 6.07) is 0. The van der Waals surface area contributed by atoms with Gasteiger partial charge < -0.3 is 4.74 Å². The summed E-state index contributed by atoms with van der Waals surface area (Å²) >= 11 is 0. The molecule has 4 nitrogen and oxygen atoms in total. The van der Waals surface area contributed by atoms with Crippen LogP contribution in [0, 0.1) is 0 Å². The van der Waals surface area contributed by atoms with Gasteiger partial charge in [-0.1, -0.05) is 0 Å². The molecule has 0 unspecified atom stereocenters. The van der Waals surface area contributed by atoms with Crippen molar-refractivity contribution in [2.45, 2.75) is 12.5 Å². The highest BCUT2D eigenvalue weighted by Gasteiger charge is 2.26. The minimum absolute atomic E-state index is 0.354. The molecule has 0 aromatic rings. The molecule has 1 aliphatic rings. The maximum Gasteiger partial charge on any atom is 0.337 e. The number of hydrogen-bond acceptors (Lipinski definition) is 4. The number of carbonyl (C=O) groups excluding carboxylic acids is 1. The number of cyclic esters (lactones) is 1. The van der Waals surface area contributed by atoms with Crippen molar-refractivity contribution in [1.82, 2.24) is 0 Å². The highest BCUT2D eigenvalue weighted by molar-refractivity contribution is 5.76. The topological polar surface area (TPSA) is 61.6 Å². The summed E-state index contributed by atoms with van der Waals surface area (Å²) in [5.41, 5.74) is 0. The molecule has 46 valence electrons. The van der Waals surface area contributed by atoms with Gasteiger partial charge in [0.1, 0.15) is 0 Å². The van der Waals surface area contributed by atoms with Gasteiger partial charge in [0.15, 0.2) is 6.10 Å². The Kier molecular flexibility index (Phi) is 1.45. The summed E-state index contributed by atoms with van der Waals surface area (Å²) in [5.74, 6) is 4.37. The Hall–Kier alpha value is -0.610. The molecule has 1 heterocycles. The minimum atomic E-state index is -0.519. The minimum Gasteiger partial charge on any atom is -0.464 e. The van der Waals surface area contributed by atoms with Crippen LogP contribution in [-0.4, -0.2) is 18.7 Å². The first-order chi connectivity index (χ1) is 3.84. The van der Waals surface area contributed by atoms with Crippen LogP contribution in [0.4, 0.5) is 0 Å². The molecule has 0 amide bonds. The normalized spacial score (nSPS) is 28.1. The lowest BCUT2D eigenvalue weighted by molar-refractivity contribution is -0.147. The molecule has 0 spiro atoms. The molecule has 1 atom stereocenters. The summed E-state index contributed by atoms with van der Waals surface area (Å²) < 4.78 is 4.51. The highest BCUT2D eigenvalue weighted by Crippen LogP contribution is 2.06. The molecular weight excluding hydrogens is 110 g/mol. The van der Waals surface area contributed by atoms with Crippen molar-refractivity contribution in [1.29, 1.82) is 0 Å². The van der Waals surface area contributed by atoms with Gasteiger partial charge in [0.05, 0.1) is 6.61 Å². The Morgan fingerprint density at radius 3 is 2.88 bits per heavy atom. The lowest BCUT2D eigenvalue weighted by Crippen LogP contribution is -2.21. The zero-order chi connectivity index (χ0) is 5.98. The second-order valence-corrected chi connectivity index (χ2v) is 1.58. The van der Waals surface area contributed by atoms with Crippen LogP contribution < -0.4 is 5.90 Å². The van der Waals surface area contributed by atoms with Crippen LogP contribution in [-0.2, 0) is 14.4 Å². The standard InChI is InChI=1S/C4H7NO3/c5-8-3-1-2-7-4(3)6/h3H,1-2,5H2/t3-/m0/s1. The second kappa shape index (κ2) is 2.11. The van der Waals surface area contributed by atoms with Gasteiger partial charge in [-0.3, -0.25) is 4.84 Å². The van der Waals surface area contributed by atoms with Gasteiger partial charge in [-0.2, -0.15) is 0 Å². The van der Waals surface area contributed by atoms with E-state index < -0.39 is 6.10 Å². The molecular formula is C4H7NO3. The van der Waals surface area contributed by atoms with E-state index in [2.05, 4.69) is 9.57 Å². The molecule has 1 fully saturated rings. The van der Waals surface area contributed by atoms with Crippen LogP contribution in [0.15, 0.2) is 0 Å². The van der Waals surface area contributed by atoms with Crippen molar-refractivity contribution < 1.29 is 14.4 Å². The van der Waals surface area contributed by atoms with Crippen LogP contribution in [0.3, 0.4) is 0 Å². The van der Waals surface area contributed by atoms with Crippen molar-refractivity contribution in [3.8, 4) is 0 Å². The Bertz CT molecular complexity index is 103. The second-order valence-electron chi connectivity index (χ2n) is 1.58. The van der Waals surface area contributed by atoms with Crippen LogP contribution in [0.1, 0.15) is 6.42 Å². The molecule has 0 aromatic carbocycles. The van der Waals surface area contributed by atoms with E-state index in [-0.39, 0.29) is 5.97 Å². The van der Waals surface area contributed by atoms with E-state index in [4.69, 9.17) is 5.90 Å². The SMILES string of the molecule is NO[C@H]1CCOC1=O. The summed E-state index contributed by atoms with van der Waals surface area (Å²) in [4.78, 5) is 14.6. The smallest absolute Gasteiger partial charge is 0.337 e. The zero-order valence-corrected chi connectivity index (χ0v) is 4.29. The van der Waals surface area contributed by atoms with Gasteiger partial charge in [0, 0.05) is 6.42 Å². The summed E-state index contributed by atoms with van der Waals surface area (Å²) in [7, 11) is 0. The number of hydrogen-bond donors (Lipinski definition) is 1. The molecule has 1 saturated heterocycles. The first-order valence-electron chi connectivity index (χ1n) is 2.37. The number of ether oxygens (including phenoxy) is 1. The molecule has 0 aliphatic carbocycles. The van der Waals surface area contributed by atoms with Crippen LogP contribution in [0.25, 0.3) is 0 Å². The van der Waals surface area contributed by atoms with Gasteiger partial charge in [-0.15, -0.1) is 0 Å². The van der Waals surface area contributed by atoms with E-state index in [1.807, 2.05) is 0 Å². The number of esters is 1. The average molecular weight is 117 g/mol. The predicted molar refractivity (Wildman–Crippen MR) is 24.6 cm³/mol. The lowest BCUT2D eigenvalue weighted by atomic mass is 10.3. The van der Waals surface area contributed by atoms with Crippen molar-refractivity contribution in [3.63, 3.8) is 0 Å². The molecule has 0 saturated carbocycles. The molecule has 1 rings (SSSR count). The summed E-state index contributed by atoms with van der Waals surface area (Å²) in [6.07, 6.45) is 0.0602. The summed E-state index contributed by atoms with van der Waals surface area (Å²) in [5, 5.41) is 0. The van der Waals surface area contributed by atoms with Gasteiger partial charge in [0.25, 0.3) is 0 Å². The first kappa shape index (κ1) is 5.53. The fraction of sp³-hybridized carbons (Fsp3) is 0.750. The molecule has 8 heavy (non-hydrogen) atoms. The molecule has 2 N–H and O–H groups in total. The van der Waals surface area contributed by atoms with Crippen LogP contribution in [0.5, 0.6) is 0 Å².